The van der Waals surface area contributed by atoms with Gasteiger partial charge in [-0.3, -0.25) is 4.79 Å². The van der Waals surface area contributed by atoms with E-state index in [0.717, 1.165) is 18.9 Å². The van der Waals surface area contributed by atoms with Gasteiger partial charge in [0.05, 0.1) is 5.56 Å². The van der Waals surface area contributed by atoms with Crippen LogP contribution in [0, 0.1) is 11.7 Å². The Kier molecular flexibility index (Phi) is 3.08. The minimum Gasteiger partial charge on any atom is -0.399 e. The van der Waals surface area contributed by atoms with Gasteiger partial charge in [0, 0.05) is 12.2 Å². The van der Waals surface area contributed by atoms with Crippen LogP contribution in [0.5, 0.6) is 0 Å². The van der Waals surface area contributed by atoms with Crippen molar-refractivity contribution in [2.24, 2.45) is 5.92 Å². The van der Waals surface area contributed by atoms with E-state index >= 15 is 0 Å². The van der Waals surface area contributed by atoms with E-state index in [-0.39, 0.29) is 11.5 Å². The fraction of sp³-hybridized carbons (Fsp3) is 0.417. The third kappa shape index (κ3) is 2.32. The molecule has 0 unspecified atom stereocenters. The van der Waals surface area contributed by atoms with Crippen molar-refractivity contribution in [2.75, 3.05) is 12.3 Å². The highest BCUT2D eigenvalue weighted by molar-refractivity contribution is 5.94. The first-order chi connectivity index (χ1) is 7.66. The van der Waals surface area contributed by atoms with Crippen LogP contribution in [0.1, 0.15) is 29.6 Å². The average molecular weight is 222 g/mol. The summed E-state index contributed by atoms with van der Waals surface area (Å²) in [6, 6.07) is 4.11. The standard InChI is InChI=1S/C12H15FN2O/c13-11-6-9(14)4-5-10(11)12(16)15-7-8-2-1-3-8/h4-6,8H,1-3,7,14H2,(H,15,16). The number of hydrogen-bond donors (Lipinski definition) is 2. The lowest BCUT2D eigenvalue weighted by molar-refractivity contribution is 0.0935. The minimum atomic E-state index is -0.564. The number of hydrogen-bond acceptors (Lipinski definition) is 2. The van der Waals surface area contributed by atoms with Gasteiger partial charge in [0.2, 0.25) is 0 Å². The molecule has 0 heterocycles. The molecule has 1 saturated carbocycles. The first-order valence-corrected chi connectivity index (χ1v) is 5.50. The highest BCUT2D eigenvalue weighted by Gasteiger charge is 2.19. The van der Waals surface area contributed by atoms with Crippen molar-refractivity contribution in [1.29, 1.82) is 0 Å². The molecule has 1 aliphatic carbocycles. The second kappa shape index (κ2) is 4.51. The van der Waals surface area contributed by atoms with Crippen LogP contribution in [-0.2, 0) is 0 Å². The molecule has 1 aliphatic rings. The molecule has 0 atom stereocenters. The second-order valence-corrected chi connectivity index (χ2v) is 4.25. The van der Waals surface area contributed by atoms with Gasteiger partial charge >= 0.3 is 0 Å². The Labute approximate surface area is 93.8 Å². The zero-order valence-corrected chi connectivity index (χ0v) is 9.00. The van der Waals surface area contributed by atoms with Crippen LogP contribution in [0.25, 0.3) is 0 Å². The minimum absolute atomic E-state index is 0.0634. The van der Waals surface area contributed by atoms with Crippen molar-refractivity contribution in [2.45, 2.75) is 19.3 Å². The molecule has 1 aromatic carbocycles. The maximum absolute atomic E-state index is 13.4. The van der Waals surface area contributed by atoms with Gasteiger partial charge in [-0.05, 0) is 37.0 Å². The number of nitrogens with two attached hydrogens (primary N) is 1. The monoisotopic (exact) mass is 222 g/mol. The molecule has 0 aromatic heterocycles. The molecular weight excluding hydrogens is 207 g/mol. The number of carbonyl (C=O) groups excluding carboxylic acids is 1. The molecule has 0 spiro atoms. The van der Waals surface area contributed by atoms with E-state index in [1.165, 1.54) is 18.6 Å². The molecule has 0 radical (unpaired) electrons. The van der Waals surface area contributed by atoms with Crippen molar-refractivity contribution < 1.29 is 9.18 Å². The Morgan fingerprint density at radius 3 is 2.81 bits per heavy atom. The van der Waals surface area contributed by atoms with Crippen molar-refractivity contribution in [3.05, 3.63) is 29.6 Å². The molecule has 0 saturated heterocycles. The van der Waals surface area contributed by atoms with Crippen LogP contribution < -0.4 is 11.1 Å². The molecule has 16 heavy (non-hydrogen) atoms. The van der Waals surface area contributed by atoms with Crippen molar-refractivity contribution in [3.63, 3.8) is 0 Å². The lowest BCUT2D eigenvalue weighted by Crippen LogP contribution is -2.32. The first kappa shape index (κ1) is 10.9. The van der Waals surface area contributed by atoms with E-state index in [0.29, 0.717) is 18.2 Å². The summed E-state index contributed by atoms with van der Waals surface area (Å²) in [4.78, 5) is 11.6. The number of rotatable bonds is 3. The Morgan fingerprint density at radius 1 is 1.50 bits per heavy atom. The molecular formula is C12H15FN2O. The van der Waals surface area contributed by atoms with Gasteiger partial charge in [0.1, 0.15) is 5.82 Å². The molecule has 3 N–H and O–H groups in total. The largest absolute Gasteiger partial charge is 0.399 e. The van der Waals surface area contributed by atoms with Crippen LogP contribution in [0.3, 0.4) is 0 Å². The normalized spacial score (nSPS) is 15.6. The summed E-state index contributed by atoms with van der Waals surface area (Å²) < 4.78 is 13.4. The number of carbonyl (C=O) groups is 1. The van der Waals surface area contributed by atoms with Gasteiger partial charge in [-0.25, -0.2) is 4.39 Å². The molecule has 4 heteroatoms. The molecule has 86 valence electrons. The highest BCUT2D eigenvalue weighted by Crippen LogP contribution is 2.25. The highest BCUT2D eigenvalue weighted by atomic mass is 19.1. The fourth-order valence-corrected chi connectivity index (χ4v) is 1.74. The Balaban J connectivity index is 1.96. The van der Waals surface area contributed by atoms with Gasteiger partial charge < -0.3 is 11.1 Å². The summed E-state index contributed by atoms with van der Waals surface area (Å²) in [5.74, 6) is -0.351. The molecule has 0 bridgehead atoms. The predicted molar refractivity (Wildman–Crippen MR) is 60.5 cm³/mol. The Morgan fingerprint density at radius 2 is 2.25 bits per heavy atom. The number of halogens is 1. The molecule has 1 aromatic rings. The zero-order valence-electron chi connectivity index (χ0n) is 9.00. The Bertz CT molecular complexity index is 402. The number of benzene rings is 1. The van der Waals surface area contributed by atoms with Crippen LogP contribution >= 0.6 is 0 Å². The summed E-state index contributed by atoms with van der Waals surface area (Å²) in [7, 11) is 0. The van der Waals surface area contributed by atoms with Crippen LogP contribution in [0.4, 0.5) is 10.1 Å². The lowest BCUT2D eigenvalue weighted by atomic mass is 9.85. The van der Waals surface area contributed by atoms with E-state index in [4.69, 9.17) is 5.73 Å². The number of nitrogen functional groups attached to an aromatic ring is 1. The second-order valence-electron chi connectivity index (χ2n) is 4.25. The first-order valence-electron chi connectivity index (χ1n) is 5.50. The van der Waals surface area contributed by atoms with E-state index in [2.05, 4.69) is 5.32 Å². The average Bonchev–Trinajstić information content (AvgIpc) is 2.14. The number of nitrogens with one attached hydrogen (secondary N) is 1. The molecule has 1 fully saturated rings. The third-order valence-corrected chi connectivity index (χ3v) is 3.01. The predicted octanol–water partition coefficient (Wildman–Crippen LogP) is 1.94. The van der Waals surface area contributed by atoms with Crippen molar-refractivity contribution in [3.8, 4) is 0 Å². The van der Waals surface area contributed by atoms with Gasteiger partial charge in [-0.2, -0.15) is 0 Å². The molecule has 3 nitrogen and oxygen atoms in total. The van der Waals surface area contributed by atoms with E-state index < -0.39 is 5.82 Å². The van der Waals surface area contributed by atoms with Gasteiger partial charge in [0.15, 0.2) is 0 Å². The topological polar surface area (TPSA) is 55.1 Å². The molecule has 1 amide bonds. The SMILES string of the molecule is Nc1ccc(C(=O)NCC2CCC2)c(F)c1. The van der Waals surface area contributed by atoms with E-state index in [1.807, 2.05) is 0 Å². The van der Waals surface area contributed by atoms with Gasteiger partial charge in [0.25, 0.3) is 5.91 Å². The van der Waals surface area contributed by atoms with Crippen LogP contribution in [0.15, 0.2) is 18.2 Å². The van der Waals surface area contributed by atoms with Crippen molar-refractivity contribution in [1.82, 2.24) is 5.32 Å². The summed E-state index contributed by atoms with van der Waals surface area (Å²) in [6.07, 6.45) is 3.55. The summed E-state index contributed by atoms with van der Waals surface area (Å²) in [5, 5.41) is 2.74. The van der Waals surface area contributed by atoms with E-state index in [1.54, 1.807) is 0 Å². The smallest absolute Gasteiger partial charge is 0.254 e. The van der Waals surface area contributed by atoms with Gasteiger partial charge in [-0.1, -0.05) is 6.42 Å². The Hall–Kier alpha value is -1.58. The molecule has 2 rings (SSSR count). The van der Waals surface area contributed by atoms with Crippen LogP contribution in [0.2, 0.25) is 0 Å². The zero-order chi connectivity index (χ0) is 11.5. The summed E-state index contributed by atoms with van der Waals surface area (Å²) in [5.41, 5.74) is 5.80. The maximum Gasteiger partial charge on any atom is 0.254 e. The third-order valence-electron chi connectivity index (χ3n) is 3.01. The lowest BCUT2D eigenvalue weighted by Gasteiger charge is -2.25. The maximum atomic E-state index is 13.4. The summed E-state index contributed by atoms with van der Waals surface area (Å²) >= 11 is 0. The fourth-order valence-electron chi connectivity index (χ4n) is 1.74. The van der Waals surface area contributed by atoms with Gasteiger partial charge in [-0.15, -0.1) is 0 Å². The number of anilines is 1. The number of amides is 1. The molecule has 0 aliphatic heterocycles. The quantitative estimate of drug-likeness (QED) is 0.768. The van der Waals surface area contributed by atoms with Crippen LogP contribution in [-0.4, -0.2) is 12.5 Å². The van der Waals surface area contributed by atoms with E-state index in [9.17, 15) is 9.18 Å². The summed E-state index contributed by atoms with van der Waals surface area (Å²) in [6.45, 7) is 0.642. The van der Waals surface area contributed by atoms with Crippen molar-refractivity contribution >= 4 is 11.6 Å².